The summed E-state index contributed by atoms with van der Waals surface area (Å²) in [6.07, 6.45) is 3.82. The third-order valence-corrected chi connectivity index (χ3v) is 2.40. The van der Waals surface area contributed by atoms with E-state index in [1.165, 1.54) is 0 Å². The van der Waals surface area contributed by atoms with Crippen molar-refractivity contribution in [3.63, 3.8) is 0 Å². The first kappa shape index (κ1) is 5.28. The quantitative estimate of drug-likeness (QED) is 0.628. The topological polar surface area (TPSA) is 30.2 Å². The molecule has 0 saturated carbocycles. The number of fused-ring (bicyclic) bond motifs is 1. The number of aromatic nitrogens is 2. The van der Waals surface area contributed by atoms with E-state index in [4.69, 9.17) is 0 Å². The van der Waals surface area contributed by atoms with Gasteiger partial charge < -0.3 is 0 Å². The van der Waals surface area contributed by atoms with E-state index < -0.39 is 0 Å². The predicted octanol–water partition coefficient (Wildman–Crippen LogP) is 1.78. The molecule has 0 fully saturated rings. The summed E-state index contributed by atoms with van der Waals surface area (Å²) in [7, 11) is 0. The van der Waals surface area contributed by atoms with Gasteiger partial charge in [-0.05, 0) is 16.2 Å². The number of hydrogen-bond donors (Lipinski definition) is 0. The molecule has 1 aromatic rings. The first-order valence-corrected chi connectivity index (χ1v) is 4.72. The van der Waals surface area contributed by atoms with Crippen LogP contribution in [0.25, 0.3) is 6.08 Å². The molecule has 0 spiro atoms. The fourth-order valence-electron chi connectivity index (χ4n) is 0.651. The molecule has 1 aliphatic heterocycles. The molecule has 0 atom stereocenters. The highest BCUT2D eigenvalue weighted by molar-refractivity contribution is 14.2. The van der Waals surface area contributed by atoms with Gasteiger partial charge >= 0.3 is 0 Å². The van der Waals surface area contributed by atoms with E-state index in [2.05, 4.69) is 18.5 Å². The third kappa shape index (κ3) is 0.827. The van der Waals surface area contributed by atoms with Crippen molar-refractivity contribution in [3.05, 3.63) is 22.0 Å². The van der Waals surface area contributed by atoms with E-state index in [-0.39, 0.29) is 21.0 Å². The summed E-state index contributed by atoms with van der Waals surface area (Å²) in [5.74, 6) is 0. The lowest BCUT2D eigenvalue weighted by molar-refractivity contribution is 0.755. The zero-order chi connectivity index (χ0) is 6.10. The van der Waals surface area contributed by atoms with Gasteiger partial charge in [0.1, 0.15) is 0 Å². The van der Waals surface area contributed by atoms with E-state index in [0.29, 0.717) is 0 Å². The van der Waals surface area contributed by atoms with Gasteiger partial charge in [0.05, 0.1) is 11.9 Å². The highest BCUT2D eigenvalue weighted by Crippen LogP contribution is 2.15. The highest BCUT2D eigenvalue weighted by atomic mass is 127. The first-order chi connectivity index (χ1) is 4.47. The van der Waals surface area contributed by atoms with Crippen molar-refractivity contribution in [2.24, 2.45) is 3.25 Å². The van der Waals surface area contributed by atoms with E-state index in [9.17, 15) is 0 Å². The molecule has 3 nitrogen and oxygen atoms in total. The lowest BCUT2D eigenvalue weighted by Crippen LogP contribution is -1.91. The van der Waals surface area contributed by atoms with Crippen molar-refractivity contribution in [3.8, 4) is 0 Å². The summed E-state index contributed by atoms with van der Waals surface area (Å²) >= 11 is -0.103. The van der Waals surface area contributed by atoms with Gasteiger partial charge in [-0.15, -0.1) is 8.04 Å². The van der Waals surface area contributed by atoms with Gasteiger partial charge in [-0.3, -0.25) is 0 Å². The Hall–Kier alpha value is -0.520. The molecule has 0 bridgehead atoms. The van der Waals surface area contributed by atoms with Crippen LogP contribution in [0.4, 0.5) is 0 Å². The molecule has 0 N–H and O–H groups in total. The van der Waals surface area contributed by atoms with Crippen molar-refractivity contribution < 1.29 is 0 Å². The molecule has 1 aliphatic rings. The zero-order valence-corrected chi connectivity index (χ0v) is 6.69. The second-order valence-electron chi connectivity index (χ2n) is 1.61. The summed E-state index contributed by atoms with van der Waals surface area (Å²) in [6, 6.07) is 1.95. The van der Waals surface area contributed by atoms with Gasteiger partial charge in [-0.25, -0.2) is 0 Å². The van der Waals surface area contributed by atoms with Crippen LogP contribution in [0.2, 0.25) is 0 Å². The Balaban J connectivity index is 2.68. The molecule has 0 saturated heterocycles. The maximum absolute atomic E-state index is 4.18. The zero-order valence-electron chi connectivity index (χ0n) is 4.53. The SMILES string of the molecule is C1=Cc2ccnn2N=I1. The van der Waals surface area contributed by atoms with Crippen molar-refractivity contribution in [2.45, 2.75) is 0 Å². The Labute approximate surface area is 62.5 Å². The monoisotopic (exact) mass is 233 g/mol. The molecular formula is C5H4IN3. The van der Waals surface area contributed by atoms with Gasteiger partial charge in [-0.1, -0.05) is 0 Å². The standard InChI is InChI=1S/C5H4IN3/c1-3-6-8-9-5(1)2-4-7-9/h1-4H. The summed E-state index contributed by atoms with van der Waals surface area (Å²) in [5.41, 5.74) is 1.08. The third-order valence-electron chi connectivity index (χ3n) is 1.06. The predicted molar refractivity (Wildman–Crippen MR) is 43.1 cm³/mol. The van der Waals surface area contributed by atoms with Crippen LogP contribution in [-0.4, -0.2) is 9.89 Å². The molecule has 46 valence electrons. The normalized spacial score (nSPS) is 14.7. The van der Waals surface area contributed by atoms with Crippen LogP contribution in [0, 0.1) is 0 Å². The summed E-state index contributed by atoms with van der Waals surface area (Å²) < 4.78 is 6.30. The van der Waals surface area contributed by atoms with E-state index in [1.807, 2.05) is 6.07 Å². The minimum absolute atomic E-state index is 0.103. The molecule has 0 unspecified atom stereocenters. The summed E-state index contributed by atoms with van der Waals surface area (Å²) in [6.45, 7) is 0. The first-order valence-electron chi connectivity index (χ1n) is 2.51. The van der Waals surface area contributed by atoms with Crippen molar-refractivity contribution in [2.75, 3.05) is 0 Å². The Morgan fingerprint density at radius 1 is 1.56 bits per heavy atom. The molecule has 9 heavy (non-hydrogen) atoms. The lowest BCUT2D eigenvalue weighted by Gasteiger charge is -1.95. The molecule has 2 heterocycles. The van der Waals surface area contributed by atoms with E-state index >= 15 is 0 Å². The Morgan fingerprint density at radius 3 is 3.44 bits per heavy atom. The maximum atomic E-state index is 4.18. The van der Waals surface area contributed by atoms with Crippen LogP contribution in [0.15, 0.2) is 19.6 Å². The second-order valence-corrected chi connectivity index (χ2v) is 3.32. The van der Waals surface area contributed by atoms with Crippen molar-refractivity contribution >= 4 is 27.1 Å². The fourth-order valence-corrected chi connectivity index (χ4v) is 1.92. The number of rotatable bonds is 0. The fraction of sp³-hybridized carbons (Fsp3) is 0. The minimum Gasteiger partial charge on any atom is -0.158 e. The van der Waals surface area contributed by atoms with E-state index in [0.717, 1.165) is 5.69 Å². The molecule has 2 rings (SSSR count). The number of hydrogen-bond acceptors (Lipinski definition) is 2. The summed E-state index contributed by atoms with van der Waals surface area (Å²) in [4.78, 5) is 1.69. The average molecular weight is 233 g/mol. The van der Waals surface area contributed by atoms with Gasteiger partial charge in [0.15, 0.2) is 0 Å². The Bertz CT molecular complexity index is 247. The van der Waals surface area contributed by atoms with E-state index in [1.54, 1.807) is 11.0 Å². The second kappa shape index (κ2) is 2.02. The van der Waals surface area contributed by atoms with Gasteiger partial charge in [-0.2, -0.15) is 5.10 Å². The lowest BCUT2D eigenvalue weighted by atomic mass is 10.4. The number of nitrogens with zero attached hydrogens (tertiary/aromatic N) is 3. The molecule has 1 aromatic heterocycles. The molecule has 4 heteroatoms. The van der Waals surface area contributed by atoms with Crippen LogP contribution in [0.3, 0.4) is 0 Å². The van der Waals surface area contributed by atoms with Crippen LogP contribution < -0.4 is 0 Å². The van der Waals surface area contributed by atoms with Gasteiger partial charge in [0.2, 0.25) is 0 Å². The molecule has 0 aromatic carbocycles. The average Bonchev–Trinajstić information content (AvgIpc) is 2.33. The van der Waals surface area contributed by atoms with Crippen LogP contribution in [-0.2, 0) is 0 Å². The maximum Gasteiger partial charge on any atom is 0.0881 e. The van der Waals surface area contributed by atoms with Crippen molar-refractivity contribution in [1.82, 2.24) is 9.89 Å². The van der Waals surface area contributed by atoms with Gasteiger partial charge in [0.25, 0.3) is 0 Å². The van der Waals surface area contributed by atoms with Crippen LogP contribution in [0.1, 0.15) is 5.69 Å². The van der Waals surface area contributed by atoms with Crippen molar-refractivity contribution in [1.29, 1.82) is 0 Å². The number of halogens is 1. The largest absolute Gasteiger partial charge is 0.158 e. The summed E-state index contributed by atoms with van der Waals surface area (Å²) in [5, 5.41) is 3.98. The van der Waals surface area contributed by atoms with Crippen LogP contribution in [0.5, 0.6) is 0 Å². The minimum atomic E-state index is -0.103. The Morgan fingerprint density at radius 2 is 2.56 bits per heavy atom. The molecule has 0 aliphatic carbocycles. The van der Waals surface area contributed by atoms with Gasteiger partial charge in [0, 0.05) is 21.0 Å². The molecule has 0 radical (unpaired) electrons. The van der Waals surface area contributed by atoms with Crippen LogP contribution >= 0.6 is 21.0 Å². The highest BCUT2D eigenvalue weighted by Gasteiger charge is 1.97. The smallest absolute Gasteiger partial charge is 0.0881 e. The molecule has 0 amide bonds. The Kier molecular flexibility index (Phi) is 1.18. The molecular weight excluding hydrogens is 229 g/mol.